The van der Waals surface area contributed by atoms with Crippen LogP contribution in [0, 0.1) is 0 Å². The molecule has 0 aliphatic heterocycles. The van der Waals surface area contributed by atoms with Crippen LogP contribution in [0.4, 0.5) is 0 Å². The summed E-state index contributed by atoms with van der Waals surface area (Å²) in [5.74, 6) is 0. The second-order valence-electron chi connectivity index (χ2n) is 4.55. The summed E-state index contributed by atoms with van der Waals surface area (Å²) in [5, 5.41) is 0. The van der Waals surface area contributed by atoms with Crippen molar-refractivity contribution < 1.29 is 18.1 Å². The van der Waals surface area contributed by atoms with E-state index in [9.17, 15) is 4.80 Å². The zero-order valence-electron chi connectivity index (χ0n) is 12.2. The van der Waals surface area contributed by atoms with Gasteiger partial charge in [-0.25, -0.2) is 0 Å². The van der Waals surface area contributed by atoms with Crippen molar-refractivity contribution in [3.8, 4) is 0 Å². The molecule has 110 valence electrons. The molecule has 0 radical (unpaired) electrons. The molecular formula is C13H30O4Si. The average molecular weight is 278 g/mol. The Bertz CT molecular complexity index is 164. The highest BCUT2D eigenvalue weighted by atomic mass is 28.4. The van der Waals surface area contributed by atoms with Gasteiger partial charge in [-0.1, -0.05) is 52.4 Å². The van der Waals surface area contributed by atoms with E-state index < -0.39 is 9.05 Å². The largest absolute Gasteiger partial charge is 0.676 e. The van der Waals surface area contributed by atoms with Gasteiger partial charge in [-0.3, -0.25) is 0 Å². The van der Waals surface area contributed by atoms with Crippen LogP contribution in [-0.2, 0) is 13.3 Å². The molecule has 0 rings (SSSR count). The lowest BCUT2D eigenvalue weighted by atomic mass is 10.2. The Morgan fingerprint density at radius 2 is 1.22 bits per heavy atom. The maximum absolute atomic E-state index is 10.0. The van der Waals surface area contributed by atoms with Gasteiger partial charge >= 0.3 is 9.05 Å². The zero-order chi connectivity index (χ0) is 13.7. The topological polar surface area (TPSA) is 47.9 Å². The molecule has 0 atom stereocenters. The van der Waals surface area contributed by atoms with Gasteiger partial charge in [0.15, 0.2) is 0 Å². The fourth-order valence-electron chi connectivity index (χ4n) is 1.62. The highest BCUT2D eigenvalue weighted by Crippen LogP contribution is 2.09. The quantitative estimate of drug-likeness (QED) is 0.415. The van der Waals surface area contributed by atoms with Crippen LogP contribution in [0.25, 0.3) is 0 Å². The summed E-state index contributed by atoms with van der Waals surface area (Å²) < 4.78 is 15.8. The predicted molar refractivity (Wildman–Crippen MR) is 75.2 cm³/mol. The fourth-order valence-corrected chi connectivity index (χ4v) is 2.74. The zero-order valence-corrected chi connectivity index (χ0v) is 13.2. The Kier molecular flexibility index (Phi) is 12.1. The monoisotopic (exact) mass is 278 g/mol. The number of unbranched alkanes of at least 4 members (excludes halogenated alkanes) is 6. The van der Waals surface area contributed by atoms with Crippen molar-refractivity contribution in [1.82, 2.24) is 0 Å². The van der Waals surface area contributed by atoms with Crippen molar-refractivity contribution in [2.75, 3.05) is 20.3 Å². The third-order valence-corrected chi connectivity index (χ3v) is 4.48. The number of hydrogen-bond acceptors (Lipinski definition) is 4. The minimum atomic E-state index is -3.34. The first-order valence-corrected chi connectivity index (χ1v) is 8.91. The SMILES string of the molecule is CCCCCCO[Si](O)(OC)OCCCCCC. The van der Waals surface area contributed by atoms with Crippen molar-refractivity contribution in [2.24, 2.45) is 0 Å². The summed E-state index contributed by atoms with van der Waals surface area (Å²) in [5.41, 5.74) is 0. The van der Waals surface area contributed by atoms with Crippen LogP contribution in [0.2, 0.25) is 0 Å². The lowest BCUT2D eigenvalue weighted by molar-refractivity contribution is 0.00508. The molecule has 5 heteroatoms. The van der Waals surface area contributed by atoms with E-state index in [2.05, 4.69) is 13.8 Å². The molecular weight excluding hydrogens is 248 g/mol. The molecule has 0 spiro atoms. The van der Waals surface area contributed by atoms with Crippen LogP contribution < -0.4 is 0 Å². The standard InChI is InChI=1S/C13H30O4Si/c1-4-6-8-10-12-16-18(14,15-3)17-13-11-9-7-5-2/h14H,4-13H2,1-3H3. The lowest BCUT2D eigenvalue weighted by Gasteiger charge is -2.21. The van der Waals surface area contributed by atoms with Gasteiger partial charge in [0.1, 0.15) is 0 Å². The summed E-state index contributed by atoms with van der Waals surface area (Å²) in [6, 6.07) is 0. The van der Waals surface area contributed by atoms with Crippen molar-refractivity contribution in [3.63, 3.8) is 0 Å². The molecule has 0 aliphatic carbocycles. The molecule has 0 saturated heterocycles. The van der Waals surface area contributed by atoms with Gasteiger partial charge in [-0.05, 0) is 12.8 Å². The highest BCUT2D eigenvalue weighted by Gasteiger charge is 2.39. The minimum absolute atomic E-state index is 0.519. The summed E-state index contributed by atoms with van der Waals surface area (Å²) in [7, 11) is -1.90. The molecule has 0 unspecified atom stereocenters. The second-order valence-corrected chi connectivity index (χ2v) is 6.58. The Labute approximate surface area is 113 Å². The Morgan fingerprint density at radius 1 is 0.778 bits per heavy atom. The molecule has 0 heterocycles. The first-order chi connectivity index (χ1) is 8.68. The smallest absolute Gasteiger partial charge is 0.367 e. The van der Waals surface area contributed by atoms with Gasteiger partial charge in [0.25, 0.3) is 0 Å². The molecule has 0 bridgehead atoms. The molecule has 0 amide bonds. The first kappa shape index (κ1) is 18.1. The van der Waals surface area contributed by atoms with Crippen LogP contribution in [0.15, 0.2) is 0 Å². The van der Waals surface area contributed by atoms with E-state index in [1.54, 1.807) is 0 Å². The Balaban J connectivity index is 3.60. The molecule has 0 fully saturated rings. The maximum Gasteiger partial charge on any atom is 0.676 e. The van der Waals surface area contributed by atoms with Crippen LogP contribution in [0.1, 0.15) is 65.2 Å². The summed E-state index contributed by atoms with van der Waals surface area (Å²) in [6.07, 6.45) is 8.95. The van der Waals surface area contributed by atoms with Gasteiger partial charge in [0, 0.05) is 20.3 Å². The summed E-state index contributed by atoms with van der Waals surface area (Å²) >= 11 is 0. The van der Waals surface area contributed by atoms with E-state index in [-0.39, 0.29) is 0 Å². The molecule has 0 aromatic rings. The molecule has 0 aromatic carbocycles. The van der Waals surface area contributed by atoms with E-state index in [1.807, 2.05) is 0 Å². The normalized spacial score (nSPS) is 12.0. The number of rotatable bonds is 13. The van der Waals surface area contributed by atoms with Crippen molar-refractivity contribution in [2.45, 2.75) is 65.2 Å². The van der Waals surface area contributed by atoms with E-state index in [1.165, 1.54) is 32.8 Å². The van der Waals surface area contributed by atoms with Crippen LogP contribution in [0.5, 0.6) is 0 Å². The molecule has 4 nitrogen and oxygen atoms in total. The van der Waals surface area contributed by atoms with Gasteiger partial charge in [0.05, 0.1) is 0 Å². The highest BCUT2D eigenvalue weighted by molar-refractivity contribution is 6.51. The molecule has 1 N–H and O–H groups in total. The molecule has 18 heavy (non-hydrogen) atoms. The Hall–Kier alpha value is 0.0569. The van der Waals surface area contributed by atoms with Gasteiger partial charge in [0.2, 0.25) is 0 Å². The Morgan fingerprint density at radius 3 is 1.56 bits per heavy atom. The summed E-state index contributed by atoms with van der Waals surface area (Å²) in [4.78, 5) is 10.0. The van der Waals surface area contributed by atoms with E-state index in [4.69, 9.17) is 13.3 Å². The van der Waals surface area contributed by atoms with Crippen LogP contribution in [-0.4, -0.2) is 34.2 Å². The van der Waals surface area contributed by atoms with Gasteiger partial charge in [-0.15, -0.1) is 0 Å². The average Bonchev–Trinajstić information content (AvgIpc) is 2.38. The van der Waals surface area contributed by atoms with Crippen LogP contribution >= 0.6 is 0 Å². The van der Waals surface area contributed by atoms with Crippen molar-refractivity contribution >= 4 is 9.05 Å². The summed E-state index contributed by atoms with van der Waals surface area (Å²) in [6.45, 7) is 5.37. The van der Waals surface area contributed by atoms with Crippen molar-refractivity contribution in [1.29, 1.82) is 0 Å². The van der Waals surface area contributed by atoms with E-state index >= 15 is 0 Å². The van der Waals surface area contributed by atoms with Crippen molar-refractivity contribution in [3.05, 3.63) is 0 Å². The van der Waals surface area contributed by atoms with Gasteiger partial charge in [-0.2, -0.15) is 0 Å². The molecule has 0 aliphatic rings. The lowest BCUT2D eigenvalue weighted by Crippen LogP contribution is -2.45. The molecule has 0 saturated carbocycles. The van der Waals surface area contributed by atoms with Crippen LogP contribution in [0.3, 0.4) is 0 Å². The van der Waals surface area contributed by atoms with E-state index in [0.29, 0.717) is 13.2 Å². The maximum atomic E-state index is 10.0. The second kappa shape index (κ2) is 12.1. The first-order valence-electron chi connectivity index (χ1n) is 7.24. The van der Waals surface area contributed by atoms with E-state index in [0.717, 1.165) is 25.7 Å². The minimum Gasteiger partial charge on any atom is -0.367 e. The number of hydrogen-bond donors (Lipinski definition) is 1. The fraction of sp³-hybridized carbons (Fsp3) is 1.00. The third-order valence-electron chi connectivity index (χ3n) is 2.82. The van der Waals surface area contributed by atoms with Gasteiger partial charge < -0.3 is 18.1 Å². The predicted octanol–water partition coefficient (Wildman–Crippen LogP) is 3.25. The molecule has 0 aromatic heterocycles. The third kappa shape index (κ3) is 10.0.